The van der Waals surface area contributed by atoms with E-state index in [1.807, 2.05) is 13.0 Å². The number of primary amides is 1. The van der Waals surface area contributed by atoms with E-state index in [2.05, 4.69) is 5.32 Å². The lowest BCUT2D eigenvalue weighted by atomic mass is 9.93. The van der Waals surface area contributed by atoms with Crippen LogP contribution in [0.1, 0.15) is 20.8 Å². The Morgan fingerprint density at radius 1 is 1.19 bits per heavy atom. The molecule has 0 heterocycles. The van der Waals surface area contributed by atoms with E-state index in [0.29, 0.717) is 18.1 Å². The molecule has 116 valence electrons. The van der Waals surface area contributed by atoms with Crippen LogP contribution < -0.4 is 20.5 Å². The molecular weight excluding hydrogens is 272 g/mol. The van der Waals surface area contributed by atoms with Crippen molar-refractivity contribution in [2.45, 2.75) is 20.8 Å². The molecule has 0 unspecified atom stereocenters. The summed E-state index contributed by atoms with van der Waals surface area (Å²) >= 11 is 0. The van der Waals surface area contributed by atoms with Gasteiger partial charge >= 0.3 is 0 Å². The summed E-state index contributed by atoms with van der Waals surface area (Å²) in [6.07, 6.45) is 0. The maximum atomic E-state index is 11.7. The van der Waals surface area contributed by atoms with E-state index in [-0.39, 0.29) is 19.1 Å². The van der Waals surface area contributed by atoms with E-state index < -0.39 is 11.3 Å². The number of benzene rings is 1. The second-order valence-corrected chi connectivity index (χ2v) is 5.19. The van der Waals surface area contributed by atoms with Crippen molar-refractivity contribution in [2.75, 3.05) is 19.8 Å². The third kappa shape index (κ3) is 5.33. The van der Waals surface area contributed by atoms with Crippen LogP contribution in [-0.2, 0) is 9.59 Å². The number of carbonyl (C=O) groups excluding carboxylic acids is 2. The van der Waals surface area contributed by atoms with Gasteiger partial charge in [-0.25, -0.2) is 0 Å². The molecular formula is C15H22N2O4. The Morgan fingerprint density at radius 3 is 2.29 bits per heavy atom. The van der Waals surface area contributed by atoms with E-state index in [4.69, 9.17) is 15.2 Å². The molecule has 0 aromatic heterocycles. The molecule has 0 saturated carbocycles. The Kier molecular flexibility index (Phi) is 6.02. The molecule has 0 bridgehead atoms. The first-order valence-electron chi connectivity index (χ1n) is 6.78. The molecule has 1 aromatic rings. The molecule has 0 radical (unpaired) electrons. The largest absolute Gasteiger partial charge is 0.490 e. The number of nitrogens with one attached hydrogen (secondary N) is 1. The highest BCUT2D eigenvalue weighted by atomic mass is 16.5. The summed E-state index contributed by atoms with van der Waals surface area (Å²) in [4.78, 5) is 22.9. The fraction of sp³-hybridized carbons (Fsp3) is 0.467. The average Bonchev–Trinajstić information content (AvgIpc) is 2.44. The van der Waals surface area contributed by atoms with Gasteiger partial charge in [0.15, 0.2) is 18.1 Å². The lowest BCUT2D eigenvalue weighted by Crippen LogP contribution is -2.43. The average molecular weight is 294 g/mol. The van der Waals surface area contributed by atoms with Crippen LogP contribution in [-0.4, -0.2) is 31.6 Å². The van der Waals surface area contributed by atoms with E-state index >= 15 is 0 Å². The van der Waals surface area contributed by atoms with Crippen LogP contribution in [0.15, 0.2) is 24.3 Å². The molecule has 3 N–H and O–H groups in total. The maximum Gasteiger partial charge on any atom is 0.257 e. The van der Waals surface area contributed by atoms with E-state index in [1.165, 1.54) is 0 Å². The van der Waals surface area contributed by atoms with Crippen LogP contribution in [0.25, 0.3) is 0 Å². The van der Waals surface area contributed by atoms with Crippen molar-refractivity contribution < 1.29 is 19.1 Å². The monoisotopic (exact) mass is 294 g/mol. The molecule has 0 aliphatic heterocycles. The highest BCUT2D eigenvalue weighted by molar-refractivity contribution is 5.82. The molecule has 0 aliphatic carbocycles. The number of rotatable bonds is 8. The first kappa shape index (κ1) is 16.8. The van der Waals surface area contributed by atoms with Gasteiger partial charge in [0.2, 0.25) is 5.91 Å². The van der Waals surface area contributed by atoms with Gasteiger partial charge < -0.3 is 20.5 Å². The summed E-state index contributed by atoms with van der Waals surface area (Å²) in [5.41, 5.74) is 4.44. The number of carbonyl (C=O) groups is 2. The van der Waals surface area contributed by atoms with Crippen molar-refractivity contribution in [3.63, 3.8) is 0 Å². The van der Waals surface area contributed by atoms with Gasteiger partial charge in [-0.15, -0.1) is 0 Å². The van der Waals surface area contributed by atoms with Crippen LogP contribution in [0.2, 0.25) is 0 Å². The van der Waals surface area contributed by atoms with Crippen LogP contribution >= 0.6 is 0 Å². The quantitative estimate of drug-likeness (QED) is 0.751. The summed E-state index contributed by atoms with van der Waals surface area (Å²) in [7, 11) is 0. The Morgan fingerprint density at radius 2 is 1.76 bits per heavy atom. The summed E-state index contributed by atoms with van der Waals surface area (Å²) in [6.45, 7) is 5.73. The summed E-state index contributed by atoms with van der Waals surface area (Å²) in [6, 6.07) is 7.12. The predicted molar refractivity (Wildman–Crippen MR) is 79.1 cm³/mol. The molecule has 6 heteroatoms. The van der Waals surface area contributed by atoms with E-state index in [9.17, 15) is 9.59 Å². The molecule has 0 atom stereocenters. The third-order valence-corrected chi connectivity index (χ3v) is 2.90. The van der Waals surface area contributed by atoms with Gasteiger partial charge in [-0.1, -0.05) is 12.1 Å². The van der Waals surface area contributed by atoms with Crippen molar-refractivity contribution in [1.82, 2.24) is 5.32 Å². The van der Waals surface area contributed by atoms with Crippen LogP contribution in [0.5, 0.6) is 11.5 Å². The van der Waals surface area contributed by atoms with Gasteiger partial charge in [-0.2, -0.15) is 0 Å². The fourth-order valence-corrected chi connectivity index (χ4v) is 1.45. The smallest absolute Gasteiger partial charge is 0.257 e. The van der Waals surface area contributed by atoms with Crippen molar-refractivity contribution in [3.05, 3.63) is 24.3 Å². The predicted octanol–water partition coefficient (Wildman–Crippen LogP) is 1.09. The Labute approximate surface area is 124 Å². The topological polar surface area (TPSA) is 90.7 Å². The molecule has 1 aromatic carbocycles. The van der Waals surface area contributed by atoms with Gasteiger partial charge in [0, 0.05) is 6.54 Å². The lowest BCUT2D eigenvalue weighted by Gasteiger charge is -2.20. The minimum atomic E-state index is -0.793. The zero-order chi connectivity index (χ0) is 15.9. The first-order chi connectivity index (χ1) is 9.86. The Bertz CT molecular complexity index is 500. The van der Waals surface area contributed by atoms with Crippen LogP contribution in [0, 0.1) is 5.41 Å². The molecule has 21 heavy (non-hydrogen) atoms. The number of ether oxygens (including phenoxy) is 2. The summed E-state index contributed by atoms with van der Waals surface area (Å²) in [5, 5.41) is 2.62. The molecule has 1 rings (SSSR count). The molecule has 0 aliphatic rings. The highest BCUT2D eigenvalue weighted by Gasteiger charge is 2.25. The van der Waals surface area contributed by atoms with Crippen molar-refractivity contribution in [1.29, 1.82) is 0 Å². The highest BCUT2D eigenvalue weighted by Crippen LogP contribution is 2.26. The zero-order valence-corrected chi connectivity index (χ0v) is 12.6. The van der Waals surface area contributed by atoms with Crippen LogP contribution in [0.4, 0.5) is 0 Å². The normalized spacial score (nSPS) is 10.8. The van der Waals surface area contributed by atoms with Gasteiger partial charge in [-0.3, -0.25) is 9.59 Å². The molecule has 0 fully saturated rings. The van der Waals surface area contributed by atoms with Gasteiger partial charge in [0.05, 0.1) is 12.0 Å². The molecule has 6 nitrogen and oxygen atoms in total. The van der Waals surface area contributed by atoms with Crippen LogP contribution in [0.3, 0.4) is 0 Å². The van der Waals surface area contributed by atoms with Gasteiger partial charge in [0.25, 0.3) is 5.91 Å². The minimum Gasteiger partial charge on any atom is -0.490 e. The lowest BCUT2D eigenvalue weighted by molar-refractivity contribution is -0.127. The Balaban J connectivity index is 2.49. The standard InChI is InChI=1S/C15H22N2O4/c1-4-20-11-7-5-6-8-12(11)21-9-13(18)17-10-15(2,3)14(16)19/h5-8H,4,9-10H2,1-3H3,(H2,16,19)(H,17,18). The van der Waals surface area contributed by atoms with Crippen molar-refractivity contribution in [2.24, 2.45) is 11.1 Å². The van der Waals surface area contributed by atoms with E-state index in [1.54, 1.807) is 32.0 Å². The van der Waals surface area contributed by atoms with Gasteiger partial charge in [-0.05, 0) is 32.9 Å². The van der Waals surface area contributed by atoms with E-state index in [0.717, 1.165) is 0 Å². The number of hydrogen-bond acceptors (Lipinski definition) is 4. The SMILES string of the molecule is CCOc1ccccc1OCC(=O)NCC(C)(C)C(N)=O. The number of amides is 2. The molecule has 0 saturated heterocycles. The Hall–Kier alpha value is -2.24. The zero-order valence-electron chi connectivity index (χ0n) is 12.6. The number of para-hydroxylation sites is 2. The minimum absolute atomic E-state index is 0.154. The van der Waals surface area contributed by atoms with Crippen molar-refractivity contribution >= 4 is 11.8 Å². The fourth-order valence-electron chi connectivity index (χ4n) is 1.45. The van der Waals surface area contributed by atoms with Gasteiger partial charge in [0.1, 0.15) is 0 Å². The number of hydrogen-bond donors (Lipinski definition) is 2. The summed E-state index contributed by atoms with van der Waals surface area (Å²) < 4.78 is 10.8. The third-order valence-electron chi connectivity index (χ3n) is 2.90. The first-order valence-corrected chi connectivity index (χ1v) is 6.78. The molecule has 2 amide bonds. The van der Waals surface area contributed by atoms with Crippen molar-refractivity contribution in [3.8, 4) is 11.5 Å². The maximum absolute atomic E-state index is 11.7. The molecule has 0 spiro atoms. The number of nitrogens with two attached hydrogens (primary N) is 1. The second kappa shape index (κ2) is 7.52. The summed E-state index contributed by atoms with van der Waals surface area (Å²) in [5.74, 6) is 0.301. The second-order valence-electron chi connectivity index (χ2n) is 5.19.